The molecule has 0 unspecified atom stereocenters. The van der Waals surface area contributed by atoms with Gasteiger partial charge in [0.15, 0.2) is 0 Å². The molecule has 4 N–H and O–H groups in total. The van der Waals surface area contributed by atoms with E-state index in [0.717, 1.165) is 38.0 Å². The molecule has 1 aliphatic heterocycles. The quantitative estimate of drug-likeness (QED) is 0.320. The molecule has 2 rings (SSSR count). The first-order valence-electron chi connectivity index (χ1n) is 11.5. The van der Waals surface area contributed by atoms with Gasteiger partial charge in [-0.1, -0.05) is 23.7 Å². The predicted octanol–water partition coefficient (Wildman–Crippen LogP) is 3.10. The van der Waals surface area contributed by atoms with Crippen LogP contribution in [0.5, 0.6) is 0 Å². The summed E-state index contributed by atoms with van der Waals surface area (Å²) < 4.78 is 11.4. The third-order valence-electron chi connectivity index (χ3n) is 5.73. The summed E-state index contributed by atoms with van der Waals surface area (Å²) in [5, 5.41) is 17.9. The Morgan fingerprint density at radius 1 is 1.33 bits per heavy atom. The Hall–Kier alpha value is -2.07. The van der Waals surface area contributed by atoms with Crippen LogP contribution in [-0.4, -0.2) is 81.7 Å². The van der Waals surface area contributed by atoms with Crippen molar-refractivity contribution >= 4 is 23.7 Å². The van der Waals surface area contributed by atoms with E-state index in [1.807, 2.05) is 25.2 Å². The fourth-order valence-electron chi connectivity index (χ4n) is 3.93. The van der Waals surface area contributed by atoms with Gasteiger partial charge in [0.2, 0.25) is 0 Å². The fraction of sp³-hybridized carbons (Fsp3) is 0.652. The minimum absolute atomic E-state index is 0.0510. The highest BCUT2D eigenvalue weighted by molar-refractivity contribution is 6.30. The molecule has 1 aromatic rings. The lowest BCUT2D eigenvalue weighted by molar-refractivity contribution is 0.0441. The van der Waals surface area contributed by atoms with Crippen LogP contribution in [-0.2, 0) is 9.47 Å². The number of halogens is 1. The van der Waals surface area contributed by atoms with Gasteiger partial charge in [0, 0.05) is 51.0 Å². The van der Waals surface area contributed by atoms with Gasteiger partial charge < -0.3 is 35.4 Å². The van der Waals surface area contributed by atoms with Crippen LogP contribution in [0.3, 0.4) is 0 Å². The Morgan fingerprint density at radius 3 is 2.76 bits per heavy atom. The first kappa shape index (κ1) is 27.2. The molecule has 1 saturated heterocycles. The van der Waals surface area contributed by atoms with Crippen molar-refractivity contribution in [3.63, 3.8) is 0 Å². The molecule has 0 radical (unpaired) electrons. The van der Waals surface area contributed by atoms with Crippen molar-refractivity contribution in [2.75, 3.05) is 53.6 Å². The highest BCUT2D eigenvalue weighted by atomic mass is 35.5. The van der Waals surface area contributed by atoms with Crippen molar-refractivity contribution in [1.82, 2.24) is 20.9 Å². The summed E-state index contributed by atoms with van der Waals surface area (Å²) in [5.41, 5.74) is 0.888. The maximum absolute atomic E-state index is 12.8. The molecule has 0 spiro atoms. The van der Waals surface area contributed by atoms with E-state index >= 15 is 0 Å². The molecule has 0 saturated carbocycles. The molecule has 9 nitrogen and oxygen atoms in total. The number of rotatable bonds is 13. The van der Waals surface area contributed by atoms with Crippen molar-refractivity contribution in [2.24, 2.45) is 5.92 Å². The molecule has 0 aliphatic carbocycles. The zero-order valence-corrected chi connectivity index (χ0v) is 20.3. The van der Waals surface area contributed by atoms with Gasteiger partial charge in [-0.2, -0.15) is 0 Å². The summed E-state index contributed by atoms with van der Waals surface area (Å²) in [6.45, 7) is 3.16. The van der Waals surface area contributed by atoms with E-state index in [2.05, 4.69) is 16.0 Å². The van der Waals surface area contributed by atoms with Gasteiger partial charge in [-0.15, -0.1) is 0 Å². The van der Waals surface area contributed by atoms with Gasteiger partial charge in [-0.05, 0) is 56.3 Å². The Kier molecular flexibility index (Phi) is 12.3. The summed E-state index contributed by atoms with van der Waals surface area (Å²) in [6.07, 6.45) is 2.13. The fourth-order valence-corrected chi connectivity index (χ4v) is 4.13. The molecule has 1 heterocycles. The normalized spacial score (nSPS) is 16.1. The number of amides is 3. The number of urea groups is 1. The molecule has 1 aromatic carbocycles. The average molecular weight is 485 g/mol. The van der Waals surface area contributed by atoms with Crippen LogP contribution in [0, 0.1) is 5.92 Å². The monoisotopic (exact) mass is 484 g/mol. The third-order valence-corrected chi connectivity index (χ3v) is 5.96. The topological polar surface area (TPSA) is 112 Å². The first-order valence-corrected chi connectivity index (χ1v) is 11.8. The van der Waals surface area contributed by atoms with Crippen molar-refractivity contribution in [3.05, 3.63) is 34.9 Å². The minimum Gasteiger partial charge on any atom is -0.465 e. The van der Waals surface area contributed by atoms with Crippen LogP contribution >= 0.6 is 11.6 Å². The Bertz CT molecular complexity index is 733. The molecule has 33 heavy (non-hydrogen) atoms. The molecular formula is C23H37ClN4O5. The van der Waals surface area contributed by atoms with E-state index < -0.39 is 6.09 Å². The predicted molar refractivity (Wildman–Crippen MR) is 128 cm³/mol. The van der Waals surface area contributed by atoms with Gasteiger partial charge in [-0.3, -0.25) is 0 Å². The van der Waals surface area contributed by atoms with E-state index in [1.165, 1.54) is 0 Å². The Balaban J connectivity index is 1.89. The third kappa shape index (κ3) is 10.6. The second-order valence-electron chi connectivity index (χ2n) is 8.35. The molecule has 1 aliphatic rings. The Labute approximate surface area is 201 Å². The minimum atomic E-state index is -1.09. The summed E-state index contributed by atoms with van der Waals surface area (Å²) in [5.74, 6) is 0.558. The lowest BCUT2D eigenvalue weighted by Gasteiger charge is -2.29. The lowest BCUT2D eigenvalue weighted by Crippen LogP contribution is -2.48. The number of hydrogen-bond acceptors (Lipinski definition) is 5. The van der Waals surface area contributed by atoms with Crippen LogP contribution in [0.1, 0.15) is 37.4 Å². The van der Waals surface area contributed by atoms with Gasteiger partial charge >= 0.3 is 12.1 Å². The highest BCUT2D eigenvalue weighted by Crippen LogP contribution is 2.24. The van der Waals surface area contributed by atoms with Crippen molar-refractivity contribution < 1.29 is 24.2 Å². The molecule has 3 amide bonds. The largest absolute Gasteiger partial charge is 0.465 e. The van der Waals surface area contributed by atoms with Crippen molar-refractivity contribution in [1.29, 1.82) is 0 Å². The summed E-state index contributed by atoms with van der Waals surface area (Å²) in [4.78, 5) is 25.2. The molecule has 186 valence electrons. The van der Waals surface area contributed by atoms with Crippen LogP contribution in [0.4, 0.5) is 9.59 Å². The van der Waals surface area contributed by atoms with Crippen LogP contribution in [0.2, 0.25) is 5.02 Å². The summed E-state index contributed by atoms with van der Waals surface area (Å²) in [7, 11) is 3.65. The lowest BCUT2D eigenvalue weighted by atomic mass is 9.92. The van der Waals surface area contributed by atoms with Crippen LogP contribution in [0.15, 0.2) is 24.3 Å². The molecule has 2 atom stereocenters. The van der Waals surface area contributed by atoms with Gasteiger partial charge in [0.05, 0.1) is 12.7 Å². The smallest absolute Gasteiger partial charge is 0.404 e. The second kappa shape index (κ2) is 15.0. The molecule has 0 aromatic heterocycles. The maximum Gasteiger partial charge on any atom is 0.404 e. The highest BCUT2D eigenvalue weighted by Gasteiger charge is 2.22. The number of benzene rings is 1. The maximum atomic E-state index is 12.8. The standard InChI is InChI=1S/C23H37ClN4O5/c1-25-16-20(14-17-7-11-32-12-8-17)27-22(29)28(2)10-6-21(33-13-9-26-23(30)31)18-4-3-5-19(24)15-18/h3-5,15,17,20-21,25-26H,6-14,16H2,1-2H3,(H,27,29)(H,30,31)/t20-,21+/m0/s1. The number of ether oxygens (including phenoxy) is 2. The van der Waals surface area contributed by atoms with E-state index in [4.69, 9.17) is 26.2 Å². The van der Waals surface area contributed by atoms with E-state index in [0.29, 0.717) is 30.5 Å². The number of likely N-dealkylation sites (N-methyl/N-ethyl adjacent to an activating group) is 1. The van der Waals surface area contributed by atoms with Gasteiger partial charge in [-0.25, -0.2) is 9.59 Å². The number of nitrogens with zero attached hydrogens (tertiary/aromatic N) is 1. The zero-order chi connectivity index (χ0) is 24.1. The molecule has 1 fully saturated rings. The number of carboxylic acid groups (broad SMARTS) is 1. The number of nitrogens with one attached hydrogen (secondary N) is 3. The summed E-state index contributed by atoms with van der Waals surface area (Å²) in [6, 6.07) is 7.30. The van der Waals surface area contributed by atoms with Crippen molar-refractivity contribution in [2.45, 2.75) is 37.8 Å². The summed E-state index contributed by atoms with van der Waals surface area (Å²) >= 11 is 6.14. The Morgan fingerprint density at radius 2 is 2.09 bits per heavy atom. The zero-order valence-electron chi connectivity index (χ0n) is 19.5. The molecule has 10 heteroatoms. The van der Waals surface area contributed by atoms with Crippen molar-refractivity contribution in [3.8, 4) is 0 Å². The average Bonchev–Trinajstić information content (AvgIpc) is 2.79. The first-order chi connectivity index (χ1) is 15.9. The van der Waals surface area contributed by atoms with Gasteiger partial charge in [0.1, 0.15) is 0 Å². The number of hydrogen-bond donors (Lipinski definition) is 4. The van der Waals surface area contributed by atoms with Crippen LogP contribution < -0.4 is 16.0 Å². The molecule has 0 bridgehead atoms. The molecular weight excluding hydrogens is 448 g/mol. The van der Waals surface area contributed by atoms with Gasteiger partial charge in [0.25, 0.3) is 0 Å². The second-order valence-corrected chi connectivity index (χ2v) is 8.79. The van der Waals surface area contributed by atoms with E-state index in [9.17, 15) is 9.59 Å². The van der Waals surface area contributed by atoms with Crippen LogP contribution in [0.25, 0.3) is 0 Å². The van der Waals surface area contributed by atoms with E-state index in [-0.39, 0.29) is 31.3 Å². The number of carbonyl (C=O) groups is 2. The number of carbonyl (C=O) groups excluding carboxylic acids is 1. The van der Waals surface area contributed by atoms with E-state index in [1.54, 1.807) is 18.0 Å². The SMILES string of the molecule is CNC[C@H](CC1CCOCC1)NC(=O)N(C)CC[C@@H](OCCNC(=O)O)c1cccc(Cl)c1.